The summed E-state index contributed by atoms with van der Waals surface area (Å²) < 4.78 is 17.2. The molecule has 0 fully saturated rings. The summed E-state index contributed by atoms with van der Waals surface area (Å²) >= 11 is 9.48. The summed E-state index contributed by atoms with van der Waals surface area (Å²) in [5, 5.41) is 11.9. The first-order valence-electron chi connectivity index (χ1n) is 8.32. The van der Waals surface area contributed by atoms with Crippen LogP contribution in [0.1, 0.15) is 34.4 Å². The fraction of sp³-hybridized carbons (Fsp3) is 0.278. The van der Waals surface area contributed by atoms with Crippen molar-refractivity contribution in [2.45, 2.75) is 33.9 Å². The fourth-order valence-electron chi connectivity index (χ4n) is 2.84. The van der Waals surface area contributed by atoms with Crippen molar-refractivity contribution in [1.82, 2.24) is 19.6 Å². The molecule has 0 radical (unpaired) electrons. The van der Waals surface area contributed by atoms with Crippen molar-refractivity contribution < 1.29 is 9.18 Å². The predicted molar refractivity (Wildman–Crippen MR) is 106 cm³/mol. The van der Waals surface area contributed by atoms with E-state index < -0.39 is 0 Å². The van der Waals surface area contributed by atoms with E-state index in [1.54, 1.807) is 21.6 Å². The number of hydrogen-bond acceptors (Lipinski definition) is 3. The highest BCUT2D eigenvalue weighted by atomic mass is 79.9. The van der Waals surface area contributed by atoms with Gasteiger partial charge >= 0.3 is 0 Å². The van der Waals surface area contributed by atoms with Gasteiger partial charge < -0.3 is 5.32 Å². The molecule has 0 aliphatic rings. The minimum atomic E-state index is -0.386. The Morgan fingerprint density at radius 2 is 2.07 bits per heavy atom. The van der Waals surface area contributed by atoms with E-state index in [0.29, 0.717) is 39.7 Å². The molecule has 0 atom stereocenters. The Hall–Kier alpha value is -2.19. The maximum atomic E-state index is 13.2. The van der Waals surface area contributed by atoms with Crippen LogP contribution in [-0.2, 0) is 13.1 Å². The summed E-state index contributed by atoms with van der Waals surface area (Å²) in [4.78, 5) is 12.7. The molecular weight excluding hydrogens is 437 g/mol. The molecule has 9 heteroatoms. The average molecular weight is 455 g/mol. The van der Waals surface area contributed by atoms with Crippen LogP contribution in [0.5, 0.6) is 0 Å². The summed E-state index contributed by atoms with van der Waals surface area (Å²) in [5.41, 5.74) is 3.28. The average Bonchev–Trinajstić information content (AvgIpc) is 3.12. The number of benzene rings is 1. The standard InChI is InChI=1S/C18H18BrClFN5O/c1-4-25-17(14(19)8-22-25)18(27)23-16-10(2)24-26(11(16)3)9-12-5-6-13(21)7-15(12)20/h5-8H,4,9H2,1-3H3,(H,23,27). The summed E-state index contributed by atoms with van der Waals surface area (Å²) in [7, 11) is 0. The lowest BCUT2D eigenvalue weighted by Gasteiger charge is -2.09. The van der Waals surface area contributed by atoms with Crippen molar-refractivity contribution in [2.75, 3.05) is 5.32 Å². The van der Waals surface area contributed by atoms with E-state index in [0.717, 1.165) is 11.3 Å². The minimum absolute atomic E-state index is 0.271. The first-order valence-corrected chi connectivity index (χ1v) is 9.49. The largest absolute Gasteiger partial charge is 0.317 e. The smallest absolute Gasteiger partial charge is 0.275 e. The SMILES string of the molecule is CCn1ncc(Br)c1C(=O)Nc1c(C)nn(Cc2ccc(F)cc2Cl)c1C. The summed E-state index contributed by atoms with van der Waals surface area (Å²) in [6.45, 7) is 6.54. The molecule has 0 aliphatic carbocycles. The van der Waals surface area contributed by atoms with Crippen LogP contribution in [0.4, 0.5) is 10.1 Å². The Balaban J connectivity index is 1.87. The highest BCUT2D eigenvalue weighted by Crippen LogP contribution is 2.25. The summed E-state index contributed by atoms with van der Waals surface area (Å²) in [6, 6.07) is 4.26. The van der Waals surface area contributed by atoms with Crippen LogP contribution >= 0.6 is 27.5 Å². The highest BCUT2D eigenvalue weighted by Gasteiger charge is 2.20. The molecule has 1 N–H and O–H groups in total. The second-order valence-electron chi connectivity index (χ2n) is 6.05. The number of rotatable bonds is 5. The zero-order valence-electron chi connectivity index (χ0n) is 15.1. The molecule has 3 aromatic rings. The molecule has 0 unspecified atom stereocenters. The molecule has 2 aromatic heterocycles. The van der Waals surface area contributed by atoms with Crippen molar-refractivity contribution in [3.8, 4) is 0 Å². The van der Waals surface area contributed by atoms with Crippen molar-refractivity contribution in [3.05, 3.63) is 62.4 Å². The summed E-state index contributed by atoms with van der Waals surface area (Å²) in [5.74, 6) is -0.657. The van der Waals surface area contributed by atoms with E-state index >= 15 is 0 Å². The lowest BCUT2D eigenvalue weighted by atomic mass is 10.2. The van der Waals surface area contributed by atoms with E-state index in [1.165, 1.54) is 12.1 Å². The van der Waals surface area contributed by atoms with Crippen LogP contribution in [0, 0.1) is 19.7 Å². The third-order valence-corrected chi connectivity index (χ3v) is 5.20. The van der Waals surface area contributed by atoms with Gasteiger partial charge in [0, 0.05) is 11.6 Å². The Kier molecular flexibility index (Phi) is 5.67. The highest BCUT2D eigenvalue weighted by molar-refractivity contribution is 9.10. The first kappa shape index (κ1) is 19.6. The van der Waals surface area contributed by atoms with E-state index in [9.17, 15) is 9.18 Å². The zero-order valence-corrected chi connectivity index (χ0v) is 17.4. The molecule has 27 heavy (non-hydrogen) atoms. The van der Waals surface area contributed by atoms with E-state index in [4.69, 9.17) is 11.6 Å². The molecule has 1 aromatic carbocycles. The van der Waals surface area contributed by atoms with Crippen LogP contribution in [0.3, 0.4) is 0 Å². The molecule has 0 spiro atoms. The number of carbonyl (C=O) groups excluding carboxylic acids is 1. The van der Waals surface area contributed by atoms with Crippen molar-refractivity contribution in [2.24, 2.45) is 0 Å². The van der Waals surface area contributed by atoms with Crippen LogP contribution in [0.25, 0.3) is 0 Å². The van der Waals surface area contributed by atoms with Crippen molar-refractivity contribution in [3.63, 3.8) is 0 Å². The number of anilines is 1. The van der Waals surface area contributed by atoms with Gasteiger partial charge in [-0.1, -0.05) is 17.7 Å². The second kappa shape index (κ2) is 7.82. The van der Waals surface area contributed by atoms with Crippen LogP contribution in [0.15, 0.2) is 28.9 Å². The van der Waals surface area contributed by atoms with Crippen molar-refractivity contribution in [1.29, 1.82) is 0 Å². The minimum Gasteiger partial charge on any atom is -0.317 e. The fourth-order valence-corrected chi connectivity index (χ4v) is 3.55. The molecule has 1 amide bonds. The third-order valence-electron chi connectivity index (χ3n) is 4.26. The molecule has 6 nitrogen and oxygen atoms in total. The molecule has 0 aliphatic heterocycles. The van der Waals surface area contributed by atoms with E-state index in [2.05, 4.69) is 31.4 Å². The molecule has 142 valence electrons. The quantitative estimate of drug-likeness (QED) is 0.614. The predicted octanol–water partition coefficient (Wildman–Crippen LogP) is 4.57. The molecule has 0 saturated carbocycles. The second-order valence-corrected chi connectivity index (χ2v) is 7.31. The van der Waals surface area contributed by atoms with Gasteiger partial charge in [0.25, 0.3) is 5.91 Å². The Bertz CT molecular complexity index is 1010. The van der Waals surface area contributed by atoms with Gasteiger partial charge in [-0.05, 0) is 54.4 Å². The monoisotopic (exact) mass is 453 g/mol. The van der Waals surface area contributed by atoms with Gasteiger partial charge in [-0.25, -0.2) is 4.39 Å². The topological polar surface area (TPSA) is 64.7 Å². The third kappa shape index (κ3) is 3.91. The lowest BCUT2D eigenvalue weighted by Crippen LogP contribution is -2.18. The molecule has 3 rings (SSSR count). The van der Waals surface area contributed by atoms with E-state index in [1.807, 2.05) is 20.8 Å². The van der Waals surface area contributed by atoms with E-state index in [-0.39, 0.29) is 11.7 Å². The van der Waals surface area contributed by atoms with Crippen LogP contribution < -0.4 is 5.32 Å². The molecule has 2 heterocycles. The van der Waals surface area contributed by atoms with Crippen LogP contribution in [-0.4, -0.2) is 25.5 Å². The number of aryl methyl sites for hydroxylation is 2. The maximum Gasteiger partial charge on any atom is 0.275 e. The zero-order chi connectivity index (χ0) is 19.7. The maximum absolute atomic E-state index is 13.2. The molecule has 0 bridgehead atoms. The van der Waals surface area contributed by atoms with Gasteiger partial charge in [0.1, 0.15) is 11.5 Å². The van der Waals surface area contributed by atoms with Crippen molar-refractivity contribution >= 4 is 39.1 Å². The van der Waals surface area contributed by atoms with Gasteiger partial charge in [-0.3, -0.25) is 14.2 Å². The Morgan fingerprint density at radius 3 is 2.74 bits per heavy atom. The normalized spacial score (nSPS) is 11.0. The molecule has 0 saturated heterocycles. The Labute approximate surface area is 169 Å². The number of carbonyl (C=O) groups is 1. The number of amides is 1. The first-order chi connectivity index (χ1) is 12.8. The number of aromatic nitrogens is 4. The summed E-state index contributed by atoms with van der Waals surface area (Å²) in [6.07, 6.45) is 1.60. The number of nitrogens with zero attached hydrogens (tertiary/aromatic N) is 4. The lowest BCUT2D eigenvalue weighted by molar-refractivity contribution is 0.101. The Morgan fingerprint density at radius 1 is 1.33 bits per heavy atom. The van der Waals surface area contributed by atoms with Gasteiger partial charge in [-0.15, -0.1) is 0 Å². The van der Waals surface area contributed by atoms with Crippen LogP contribution in [0.2, 0.25) is 5.02 Å². The molecular formula is C18H18BrClFN5O. The van der Waals surface area contributed by atoms with Gasteiger partial charge in [0.15, 0.2) is 0 Å². The van der Waals surface area contributed by atoms with Gasteiger partial charge in [0.2, 0.25) is 0 Å². The van der Waals surface area contributed by atoms with Gasteiger partial charge in [0.05, 0.1) is 34.3 Å². The number of halogens is 3. The van der Waals surface area contributed by atoms with Gasteiger partial charge in [-0.2, -0.15) is 10.2 Å². The number of nitrogens with one attached hydrogen (secondary N) is 1. The number of hydrogen-bond donors (Lipinski definition) is 1.